The van der Waals surface area contributed by atoms with Gasteiger partial charge < -0.3 is 20.7 Å². The Morgan fingerprint density at radius 2 is 1.72 bits per heavy atom. The van der Waals surface area contributed by atoms with E-state index in [-0.39, 0.29) is 22.4 Å². The second-order valence-electron chi connectivity index (χ2n) is 5.76. The van der Waals surface area contributed by atoms with E-state index in [4.69, 9.17) is 10.5 Å². The number of primary amides is 1. The molecule has 0 aliphatic heterocycles. The number of rotatable bonds is 4. The van der Waals surface area contributed by atoms with Crippen LogP contribution in [0.5, 0.6) is 11.5 Å². The third-order valence-electron chi connectivity index (χ3n) is 3.56. The monoisotopic (exact) mass is 346 g/mol. The highest BCUT2D eigenvalue weighted by atomic mass is 16.5. The van der Waals surface area contributed by atoms with E-state index in [1.165, 1.54) is 6.07 Å². The van der Waals surface area contributed by atoms with Crippen molar-refractivity contribution in [1.29, 1.82) is 0 Å². The third-order valence-corrected chi connectivity index (χ3v) is 3.56. The van der Waals surface area contributed by atoms with Crippen LogP contribution in [0.4, 0.5) is 4.79 Å². The average molecular weight is 346 g/mol. The number of fused-ring (bicyclic) bond motifs is 1. The molecule has 0 fully saturated rings. The van der Waals surface area contributed by atoms with Gasteiger partial charge in [-0.15, -0.1) is 0 Å². The molecule has 5 N–H and O–H groups in total. The molecule has 0 saturated heterocycles. The number of urea groups is 1. The van der Waals surface area contributed by atoms with Crippen molar-refractivity contribution < 1.29 is 29.3 Å². The Morgan fingerprint density at radius 3 is 2.28 bits per heavy atom. The predicted molar refractivity (Wildman–Crippen MR) is 89.0 cm³/mol. The van der Waals surface area contributed by atoms with Crippen LogP contribution in [-0.4, -0.2) is 34.2 Å². The van der Waals surface area contributed by atoms with Crippen LogP contribution in [0, 0.1) is 5.92 Å². The van der Waals surface area contributed by atoms with E-state index < -0.39 is 29.9 Å². The summed E-state index contributed by atoms with van der Waals surface area (Å²) >= 11 is 0. The summed E-state index contributed by atoms with van der Waals surface area (Å²) in [5.74, 6) is -2.95. The van der Waals surface area contributed by atoms with Crippen LogP contribution in [-0.2, 0) is 9.53 Å². The number of carbonyl (C=O) groups excluding carboxylic acids is 3. The number of phenolic OH excluding ortho intramolecular Hbond substituents is 2. The Labute approximate surface area is 143 Å². The Morgan fingerprint density at radius 1 is 1.12 bits per heavy atom. The molecule has 0 aromatic heterocycles. The molecule has 132 valence electrons. The quantitative estimate of drug-likeness (QED) is 0.490. The summed E-state index contributed by atoms with van der Waals surface area (Å²) in [6.07, 6.45) is -1.30. The van der Waals surface area contributed by atoms with Gasteiger partial charge in [0.2, 0.25) is 0 Å². The van der Waals surface area contributed by atoms with Crippen molar-refractivity contribution in [2.24, 2.45) is 11.7 Å². The second kappa shape index (κ2) is 7.08. The number of nitrogens with two attached hydrogens (primary N) is 1. The molecule has 2 aromatic rings. The zero-order valence-corrected chi connectivity index (χ0v) is 13.6. The van der Waals surface area contributed by atoms with Gasteiger partial charge in [-0.1, -0.05) is 38.1 Å². The minimum atomic E-state index is -1.30. The van der Waals surface area contributed by atoms with Gasteiger partial charge in [-0.25, -0.2) is 9.59 Å². The van der Waals surface area contributed by atoms with Gasteiger partial charge in [0.05, 0.1) is 0 Å². The molecule has 3 amide bonds. The van der Waals surface area contributed by atoms with Gasteiger partial charge in [0, 0.05) is 10.8 Å². The van der Waals surface area contributed by atoms with Crippen LogP contribution < -0.4 is 11.1 Å². The molecule has 0 aliphatic rings. The standard InChI is InChI=1S/C17H18N2O6/c1-8(2)14(15(22)19-17(18)24)25-16(23)11-7-12(20)9-5-3-4-6-10(9)13(11)21/h3-8,14,20-21H,1-2H3,(H3,18,19,22,24)/t14-/m1/s1. The van der Waals surface area contributed by atoms with Gasteiger partial charge in [-0.3, -0.25) is 10.1 Å². The molecule has 0 aliphatic carbocycles. The fourth-order valence-electron chi connectivity index (χ4n) is 2.36. The highest BCUT2D eigenvalue weighted by Crippen LogP contribution is 2.35. The fraction of sp³-hybridized carbons (Fsp3) is 0.235. The normalized spacial score (nSPS) is 12.0. The number of carbonyl (C=O) groups is 3. The van der Waals surface area contributed by atoms with E-state index in [1.807, 2.05) is 5.32 Å². The molecule has 0 spiro atoms. The number of aromatic hydroxyl groups is 2. The molecule has 25 heavy (non-hydrogen) atoms. The van der Waals surface area contributed by atoms with Crippen molar-refractivity contribution in [1.82, 2.24) is 5.32 Å². The molecule has 0 heterocycles. The molecule has 0 bridgehead atoms. The molecule has 8 nitrogen and oxygen atoms in total. The average Bonchev–Trinajstić information content (AvgIpc) is 2.54. The lowest BCUT2D eigenvalue weighted by molar-refractivity contribution is -0.130. The molecule has 0 unspecified atom stereocenters. The molecular weight excluding hydrogens is 328 g/mol. The first-order valence-corrected chi connectivity index (χ1v) is 7.47. The lowest BCUT2D eigenvalue weighted by atomic mass is 10.0. The number of hydrogen-bond acceptors (Lipinski definition) is 6. The van der Waals surface area contributed by atoms with Gasteiger partial charge in [-0.2, -0.15) is 0 Å². The topological polar surface area (TPSA) is 139 Å². The Kier molecular flexibility index (Phi) is 5.11. The van der Waals surface area contributed by atoms with Gasteiger partial charge in [0.1, 0.15) is 17.1 Å². The van der Waals surface area contributed by atoms with Gasteiger partial charge >= 0.3 is 12.0 Å². The number of benzene rings is 2. The maximum atomic E-state index is 12.4. The first-order valence-electron chi connectivity index (χ1n) is 7.47. The summed E-state index contributed by atoms with van der Waals surface area (Å²) in [5, 5.41) is 22.8. The molecule has 8 heteroatoms. The summed E-state index contributed by atoms with van der Waals surface area (Å²) in [7, 11) is 0. The second-order valence-corrected chi connectivity index (χ2v) is 5.76. The van der Waals surface area contributed by atoms with Crippen LogP contribution >= 0.6 is 0 Å². The molecule has 0 radical (unpaired) electrons. The van der Waals surface area contributed by atoms with E-state index in [9.17, 15) is 24.6 Å². The molecule has 2 aromatic carbocycles. The summed E-state index contributed by atoms with van der Waals surface area (Å²) in [6.45, 7) is 3.21. The van der Waals surface area contributed by atoms with E-state index >= 15 is 0 Å². The summed E-state index contributed by atoms with van der Waals surface area (Å²) in [6, 6.07) is 6.40. The van der Waals surface area contributed by atoms with Gasteiger partial charge in [0.25, 0.3) is 5.91 Å². The van der Waals surface area contributed by atoms with Gasteiger partial charge in [0.15, 0.2) is 6.10 Å². The van der Waals surface area contributed by atoms with E-state index in [2.05, 4.69) is 0 Å². The van der Waals surface area contributed by atoms with Crippen LogP contribution in [0.3, 0.4) is 0 Å². The predicted octanol–water partition coefficient (Wildman–Crippen LogP) is 1.63. The number of hydrogen-bond donors (Lipinski definition) is 4. The zero-order chi connectivity index (χ0) is 18.7. The Balaban J connectivity index is 2.36. The molecular formula is C17H18N2O6. The van der Waals surface area contributed by atoms with Crippen molar-refractivity contribution in [3.05, 3.63) is 35.9 Å². The maximum Gasteiger partial charge on any atom is 0.342 e. The fourth-order valence-corrected chi connectivity index (χ4v) is 2.36. The van der Waals surface area contributed by atoms with E-state index in [0.29, 0.717) is 5.39 Å². The Hall–Kier alpha value is -3.29. The molecule has 2 rings (SSSR count). The summed E-state index contributed by atoms with van der Waals surface area (Å²) < 4.78 is 5.12. The van der Waals surface area contributed by atoms with Crippen LogP contribution in [0.15, 0.2) is 30.3 Å². The van der Waals surface area contributed by atoms with Crippen LogP contribution in [0.1, 0.15) is 24.2 Å². The SMILES string of the molecule is CC(C)[C@@H](OC(=O)c1cc(O)c2ccccc2c1O)C(=O)NC(N)=O. The highest BCUT2D eigenvalue weighted by Gasteiger charge is 2.29. The first kappa shape index (κ1) is 18.1. The van der Waals surface area contributed by atoms with E-state index in [1.54, 1.807) is 32.0 Å². The zero-order valence-electron chi connectivity index (χ0n) is 13.6. The van der Waals surface area contributed by atoms with Crippen LogP contribution in [0.2, 0.25) is 0 Å². The number of amides is 3. The maximum absolute atomic E-state index is 12.4. The van der Waals surface area contributed by atoms with Crippen LogP contribution in [0.25, 0.3) is 10.8 Å². The summed E-state index contributed by atoms with van der Waals surface area (Å²) in [5.41, 5.74) is 4.60. The van der Waals surface area contributed by atoms with Crippen molar-refractivity contribution >= 4 is 28.7 Å². The summed E-state index contributed by atoms with van der Waals surface area (Å²) in [4.78, 5) is 35.1. The largest absolute Gasteiger partial charge is 0.507 e. The molecule has 0 saturated carbocycles. The van der Waals surface area contributed by atoms with Crippen molar-refractivity contribution in [2.75, 3.05) is 0 Å². The van der Waals surface area contributed by atoms with Crippen molar-refractivity contribution in [3.8, 4) is 11.5 Å². The lowest BCUT2D eigenvalue weighted by Gasteiger charge is -2.20. The minimum absolute atomic E-state index is 0.219. The number of phenols is 2. The highest BCUT2D eigenvalue weighted by molar-refractivity contribution is 6.04. The lowest BCUT2D eigenvalue weighted by Crippen LogP contribution is -2.45. The van der Waals surface area contributed by atoms with Crippen molar-refractivity contribution in [2.45, 2.75) is 20.0 Å². The van der Waals surface area contributed by atoms with Crippen molar-refractivity contribution in [3.63, 3.8) is 0 Å². The third kappa shape index (κ3) is 3.79. The Bertz CT molecular complexity index is 846. The number of ether oxygens (including phenoxy) is 1. The number of imide groups is 1. The smallest absolute Gasteiger partial charge is 0.342 e. The number of esters is 1. The minimum Gasteiger partial charge on any atom is -0.507 e. The van der Waals surface area contributed by atoms with Gasteiger partial charge in [-0.05, 0) is 12.0 Å². The number of nitrogens with one attached hydrogen (secondary N) is 1. The molecule has 1 atom stereocenters. The van der Waals surface area contributed by atoms with E-state index in [0.717, 1.165) is 6.07 Å². The first-order chi connectivity index (χ1) is 11.7.